The second-order valence-electron chi connectivity index (χ2n) is 9.60. The fourth-order valence-electron chi connectivity index (χ4n) is 5.64. The Morgan fingerprint density at radius 1 is 1.07 bits per heavy atom. The molecule has 1 aliphatic carbocycles. The van der Waals surface area contributed by atoms with Crippen LogP contribution in [0.15, 0.2) is 88.7 Å². The summed E-state index contributed by atoms with van der Waals surface area (Å²) in [6.07, 6.45) is 0.204. The lowest BCUT2D eigenvalue weighted by atomic mass is 9.68. The Bertz CT molecular complexity index is 1570. The van der Waals surface area contributed by atoms with E-state index in [1.807, 2.05) is 17.5 Å². The van der Waals surface area contributed by atoms with Crippen LogP contribution in [0.25, 0.3) is 0 Å². The molecule has 41 heavy (non-hydrogen) atoms. The van der Waals surface area contributed by atoms with Crippen molar-refractivity contribution < 1.29 is 28.2 Å². The van der Waals surface area contributed by atoms with Crippen LogP contribution < -0.4 is 10.6 Å². The Morgan fingerprint density at radius 3 is 2.49 bits per heavy atom. The average molecular weight is 595 g/mol. The zero-order chi connectivity index (χ0) is 29.3. The summed E-state index contributed by atoms with van der Waals surface area (Å²) in [6.45, 7) is 3.50. The molecule has 3 atom stereocenters. The molecule has 7 nitrogen and oxygen atoms in total. The average Bonchev–Trinajstić information content (AvgIpc) is 3.47. The predicted octanol–water partition coefficient (Wildman–Crippen LogP) is 6.07. The third kappa shape index (κ3) is 5.27. The van der Waals surface area contributed by atoms with Crippen molar-refractivity contribution in [2.75, 3.05) is 18.1 Å². The number of rotatable bonds is 7. The fourth-order valence-corrected chi connectivity index (χ4v) is 6.70. The van der Waals surface area contributed by atoms with Crippen LogP contribution in [-0.2, 0) is 23.9 Å². The van der Waals surface area contributed by atoms with Crippen molar-refractivity contribution in [1.29, 1.82) is 0 Å². The summed E-state index contributed by atoms with van der Waals surface area (Å²) >= 11 is 7.79. The molecular weight excluding hydrogens is 567 g/mol. The van der Waals surface area contributed by atoms with E-state index in [-0.39, 0.29) is 36.6 Å². The number of ketones is 1. The third-order valence-corrected chi connectivity index (χ3v) is 8.47. The first-order valence-corrected chi connectivity index (χ1v) is 14.5. The van der Waals surface area contributed by atoms with Gasteiger partial charge in [0, 0.05) is 27.1 Å². The second kappa shape index (κ2) is 11.9. The number of halogens is 2. The molecule has 0 spiro atoms. The number of ether oxygens (including phenoxy) is 2. The second-order valence-corrected chi connectivity index (χ2v) is 11.0. The maximum Gasteiger partial charge on any atom is 0.338 e. The molecule has 0 fully saturated rings. The molecule has 0 radical (unpaired) electrons. The van der Waals surface area contributed by atoms with Crippen molar-refractivity contribution in [2.45, 2.75) is 32.1 Å². The summed E-state index contributed by atoms with van der Waals surface area (Å²) < 4.78 is 25.3. The van der Waals surface area contributed by atoms with Gasteiger partial charge in [0.25, 0.3) is 0 Å². The van der Waals surface area contributed by atoms with E-state index in [0.29, 0.717) is 22.0 Å². The Morgan fingerprint density at radius 2 is 1.83 bits per heavy atom. The first-order valence-electron chi connectivity index (χ1n) is 13.2. The molecule has 10 heteroatoms. The van der Waals surface area contributed by atoms with E-state index in [0.717, 1.165) is 4.88 Å². The van der Waals surface area contributed by atoms with Crippen LogP contribution in [0.1, 0.15) is 42.5 Å². The number of hydrogen-bond acceptors (Lipinski definition) is 8. The zero-order valence-electron chi connectivity index (χ0n) is 22.4. The number of allylic oxidation sites excluding steroid dienone is 2. The van der Waals surface area contributed by atoms with Gasteiger partial charge in [0.15, 0.2) is 5.78 Å². The van der Waals surface area contributed by atoms with Gasteiger partial charge in [-0.1, -0.05) is 35.9 Å². The third-order valence-electron chi connectivity index (χ3n) is 7.23. The lowest BCUT2D eigenvalue weighted by Gasteiger charge is -2.43. The minimum absolute atomic E-state index is 0.00246. The van der Waals surface area contributed by atoms with Crippen LogP contribution in [0.2, 0.25) is 5.02 Å². The number of thiophene rings is 1. The predicted molar refractivity (Wildman–Crippen MR) is 155 cm³/mol. The van der Waals surface area contributed by atoms with Gasteiger partial charge in [0.05, 0.1) is 30.4 Å². The van der Waals surface area contributed by atoms with E-state index in [9.17, 15) is 18.8 Å². The molecule has 2 N–H and O–H groups in total. The van der Waals surface area contributed by atoms with E-state index in [1.54, 1.807) is 44.2 Å². The molecule has 1 aromatic heterocycles. The van der Waals surface area contributed by atoms with Gasteiger partial charge in [-0.2, -0.15) is 0 Å². The molecule has 0 saturated carbocycles. The van der Waals surface area contributed by atoms with Gasteiger partial charge in [-0.15, -0.1) is 11.3 Å². The Kier molecular flexibility index (Phi) is 8.28. The highest BCUT2D eigenvalue weighted by Crippen LogP contribution is 2.52. The van der Waals surface area contributed by atoms with Crippen LogP contribution in [0.5, 0.6) is 0 Å². The van der Waals surface area contributed by atoms with Crippen molar-refractivity contribution in [3.63, 3.8) is 0 Å². The molecule has 0 bridgehead atoms. The highest BCUT2D eigenvalue weighted by atomic mass is 35.5. The topological polar surface area (TPSA) is 98.9 Å². The molecule has 2 aromatic carbocycles. The number of anilines is 1. The van der Waals surface area contributed by atoms with E-state index >= 15 is 0 Å². The monoisotopic (exact) mass is 594 g/mol. The van der Waals surface area contributed by atoms with E-state index in [4.69, 9.17) is 26.8 Å². The molecule has 212 valence electrons. The molecule has 3 aromatic rings. The quantitative estimate of drug-likeness (QED) is 0.262. The van der Waals surface area contributed by atoms with Gasteiger partial charge in [-0.3, -0.25) is 14.5 Å². The standard InChI is InChI=1S/C31H28ClFN2O5S/c1-3-39-30(37)25-21(23-12-7-13-41-23)16-22-26(28(25)36)24(17-8-5-9-18(32)14-17)27(31(38)40-4-2)29(34)35(22)20-11-6-10-19(33)15-20/h5-15,21,24-25H,3-4,16,34H2,1-2H3/t21-,24-,25-/m1/s1. The van der Waals surface area contributed by atoms with Gasteiger partial charge >= 0.3 is 11.9 Å². The number of Topliss-reactive ketones (excluding diaryl/α,β-unsaturated/α-hetero) is 1. The maximum absolute atomic E-state index is 14.6. The molecule has 2 heterocycles. The number of benzene rings is 2. The molecule has 5 rings (SSSR count). The van der Waals surface area contributed by atoms with Crippen LogP contribution in [0.4, 0.5) is 10.1 Å². The fraction of sp³-hybridized carbons (Fsp3) is 0.258. The summed E-state index contributed by atoms with van der Waals surface area (Å²) in [4.78, 5) is 43.9. The maximum atomic E-state index is 14.6. The van der Waals surface area contributed by atoms with Crippen molar-refractivity contribution in [2.24, 2.45) is 11.7 Å². The molecule has 0 saturated heterocycles. The summed E-state index contributed by atoms with van der Waals surface area (Å²) in [6, 6.07) is 16.2. The molecule has 0 amide bonds. The van der Waals surface area contributed by atoms with E-state index in [2.05, 4.69) is 0 Å². The number of carbonyl (C=O) groups excluding carboxylic acids is 3. The smallest absolute Gasteiger partial charge is 0.338 e. The highest BCUT2D eigenvalue weighted by Gasteiger charge is 2.51. The van der Waals surface area contributed by atoms with E-state index in [1.165, 1.54) is 34.4 Å². The largest absolute Gasteiger partial charge is 0.465 e. The Balaban J connectivity index is 1.82. The summed E-state index contributed by atoms with van der Waals surface area (Å²) in [7, 11) is 0. The van der Waals surface area contributed by atoms with Crippen molar-refractivity contribution in [3.05, 3.63) is 110 Å². The first-order chi connectivity index (χ1) is 19.8. The van der Waals surface area contributed by atoms with Crippen LogP contribution in [0, 0.1) is 11.7 Å². The van der Waals surface area contributed by atoms with Gasteiger partial charge in [0.1, 0.15) is 17.6 Å². The molecular formula is C31H28ClFN2O5S. The minimum Gasteiger partial charge on any atom is -0.465 e. The molecule has 0 unspecified atom stereocenters. The van der Waals surface area contributed by atoms with Gasteiger partial charge in [-0.25, -0.2) is 9.18 Å². The van der Waals surface area contributed by atoms with Crippen LogP contribution in [0.3, 0.4) is 0 Å². The normalized spacial score (nSPS) is 20.6. The molecule has 1 aliphatic heterocycles. The molecule has 2 aliphatic rings. The summed E-state index contributed by atoms with van der Waals surface area (Å²) in [5.41, 5.74) is 8.30. The zero-order valence-corrected chi connectivity index (χ0v) is 24.0. The van der Waals surface area contributed by atoms with Crippen molar-refractivity contribution in [3.8, 4) is 0 Å². The first kappa shape index (κ1) is 28.6. The van der Waals surface area contributed by atoms with Gasteiger partial charge in [-0.05, 0) is 67.6 Å². The van der Waals surface area contributed by atoms with Crippen LogP contribution in [-0.4, -0.2) is 30.9 Å². The van der Waals surface area contributed by atoms with Gasteiger partial charge < -0.3 is 15.2 Å². The number of carbonyl (C=O) groups is 3. The van der Waals surface area contributed by atoms with Crippen LogP contribution >= 0.6 is 22.9 Å². The summed E-state index contributed by atoms with van der Waals surface area (Å²) in [5.74, 6) is -5.10. The number of hydrogen-bond donors (Lipinski definition) is 1. The van der Waals surface area contributed by atoms with Crippen molar-refractivity contribution >= 4 is 46.3 Å². The Labute approximate surface area is 246 Å². The SMILES string of the molecule is CCOC(=O)C1=C(N)N(c2cccc(F)c2)C2=C(C(=O)[C@H](C(=O)OCC)[C@@H](c3cccs3)C2)[C@H]1c1cccc(Cl)c1. The number of nitrogens with two attached hydrogens (primary N) is 1. The van der Waals surface area contributed by atoms with Crippen molar-refractivity contribution in [1.82, 2.24) is 0 Å². The number of esters is 2. The minimum atomic E-state index is -1.16. The van der Waals surface area contributed by atoms with E-state index < -0.39 is 41.3 Å². The van der Waals surface area contributed by atoms with Gasteiger partial charge in [0.2, 0.25) is 0 Å². The Hall–Kier alpha value is -3.95. The number of nitrogens with zero attached hydrogens (tertiary/aromatic N) is 1. The highest BCUT2D eigenvalue weighted by molar-refractivity contribution is 7.10. The summed E-state index contributed by atoms with van der Waals surface area (Å²) in [5, 5.41) is 2.26. The lowest BCUT2D eigenvalue weighted by molar-refractivity contribution is -0.152. The lowest BCUT2D eigenvalue weighted by Crippen LogP contribution is -2.46.